The zero-order valence-electron chi connectivity index (χ0n) is 12.6. The molecule has 0 spiro atoms. The van der Waals surface area contributed by atoms with Crippen LogP contribution in [0.25, 0.3) is 0 Å². The van der Waals surface area contributed by atoms with Crippen molar-refractivity contribution in [3.05, 3.63) is 35.4 Å². The van der Waals surface area contributed by atoms with E-state index in [1.54, 1.807) is 0 Å². The predicted octanol–water partition coefficient (Wildman–Crippen LogP) is 4.09. The first-order valence-electron chi connectivity index (χ1n) is 7.27. The van der Waals surface area contributed by atoms with Gasteiger partial charge in [-0.1, -0.05) is 52.0 Å². The first kappa shape index (κ1) is 15.7. The number of hydrogen-bond donors (Lipinski definition) is 1. The van der Waals surface area contributed by atoms with Crippen molar-refractivity contribution in [1.29, 1.82) is 5.26 Å². The van der Waals surface area contributed by atoms with Gasteiger partial charge in [0, 0.05) is 13.1 Å². The van der Waals surface area contributed by atoms with Crippen molar-refractivity contribution >= 4 is 0 Å². The number of benzene rings is 1. The lowest BCUT2D eigenvalue weighted by molar-refractivity contribution is 0.442. The van der Waals surface area contributed by atoms with Crippen molar-refractivity contribution in [2.24, 2.45) is 11.8 Å². The van der Waals surface area contributed by atoms with Gasteiger partial charge in [-0.15, -0.1) is 0 Å². The van der Waals surface area contributed by atoms with Gasteiger partial charge in [0.05, 0.1) is 12.0 Å². The van der Waals surface area contributed by atoms with E-state index >= 15 is 0 Å². The van der Waals surface area contributed by atoms with E-state index < -0.39 is 0 Å². The summed E-state index contributed by atoms with van der Waals surface area (Å²) >= 11 is 0. The summed E-state index contributed by atoms with van der Waals surface area (Å²) in [4.78, 5) is 0. The van der Waals surface area contributed by atoms with Gasteiger partial charge >= 0.3 is 0 Å². The molecule has 1 aromatic carbocycles. The third-order valence-corrected chi connectivity index (χ3v) is 3.83. The molecule has 0 saturated carbocycles. The maximum absolute atomic E-state index is 9.03. The van der Waals surface area contributed by atoms with E-state index in [0.717, 1.165) is 13.1 Å². The van der Waals surface area contributed by atoms with Gasteiger partial charge in [0.1, 0.15) is 0 Å². The largest absolute Gasteiger partial charge is 0.311 e. The van der Waals surface area contributed by atoms with E-state index in [1.165, 1.54) is 17.5 Å². The quantitative estimate of drug-likeness (QED) is 0.799. The van der Waals surface area contributed by atoms with Crippen LogP contribution in [0, 0.1) is 23.2 Å². The first-order chi connectivity index (χ1) is 9.08. The Hall–Kier alpha value is -1.33. The van der Waals surface area contributed by atoms with Gasteiger partial charge in [-0.05, 0) is 29.4 Å². The van der Waals surface area contributed by atoms with E-state index in [0.29, 0.717) is 11.8 Å². The van der Waals surface area contributed by atoms with Crippen molar-refractivity contribution in [2.75, 3.05) is 6.54 Å². The Labute approximate surface area is 117 Å². The van der Waals surface area contributed by atoms with Crippen molar-refractivity contribution < 1.29 is 0 Å². The highest BCUT2D eigenvalue weighted by Gasteiger charge is 2.11. The van der Waals surface area contributed by atoms with Gasteiger partial charge in [-0.3, -0.25) is 0 Å². The summed E-state index contributed by atoms with van der Waals surface area (Å²) < 4.78 is 0. The van der Waals surface area contributed by atoms with Crippen LogP contribution in [0.15, 0.2) is 24.3 Å². The van der Waals surface area contributed by atoms with Gasteiger partial charge in [0.25, 0.3) is 0 Å². The fourth-order valence-electron chi connectivity index (χ4n) is 2.00. The minimum Gasteiger partial charge on any atom is -0.311 e. The SMILES string of the molecule is CCC(C)c1ccc(CNCC(C#N)C(C)C)cc1. The Morgan fingerprint density at radius 2 is 1.79 bits per heavy atom. The van der Waals surface area contributed by atoms with E-state index in [4.69, 9.17) is 5.26 Å². The van der Waals surface area contributed by atoms with Gasteiger partial charge in [0.15, 0.2) is 0 Å². The molecule has 0 saturated heterocycles. The van der Waals surface area contributed by atoms with E-state index in [9.17, 15) is 0 Å². The summed E-state index contributed by atoms with van der Waals surface area (Å²) in [5.41, 5.74) is 2.69. The molecule has 0 radical (unpaired) electrons. The zero-order valence-corrected chi connectivity index (χ0v) is 12.6. The van der Waals surface area contributed by atoms with Crippen LogP contribution < -0.4 is 5.32 Å². The third-order valence-electron chi connectivity index (χ3n) is 3.83. The third kappa shape index (κ3) is 5.04. The Kier molecular flexibility index (Phi) is 6.59. The molecular weight excluding hydrogens is 232 g/mol. The van der Waals surface area contributed by atoms with Gasteiger partial charge in [-0.2, -0.15) is 5.26 Å². The van der Waals surface area contributed by atoms with Crippen LogP contribution in [0.5, 0.6) is 0 Å². The smallest absolute Gasteiger partial charge is 0.0671 e. The average Bonchev–Trinajstić information content (AvgIpc) is 2.43. The topological polar surface area (TPSA) is 35.8 Å². The molecule has 104 valence electrons. The molecule has 2 unspecified atom stereocenters. The summed E-state index contributed by atoms with van der Waals surface area (Å²) in [5, 5.41) is 12.4. The Morgan fingerprint density at radius 1 is 1.16 bits per heavy atom. The van der Waals surface area contributed by atoms with Crippen molar-refractivity contribution in [1.82, 2.24) is 5.32 Å². The van der Waals surface area contributed by atoms with E-state index in [2.05, 4.69) is 63.3 Å². The molecular formula is C17H26N2. The van der Waals surface area contributed by atoms with Crippen molar-refractivity contribution in [2.45, 2.75) is 46.6 Å². The maximum atomic E-state index is 9.03. The molecule has 0 heterocycles. The highest BCUT2D eigenvalue weighted by atomic mass is 14.9. The second-order valence-electron chi connectivity index (χ2n) is 5.66. The maximum Gasteiger partial charge on any atom is 0.0671 e. The van der Waals surface area contributed by atoms with Crippen molar-refractivity contribution in [3.63, 3.8) is 0 Å². The molecule has 0 aliphatic carbocycles. The summed E-state index contributed by atoms with van der Waals surface area (Å²) in [6.45, 7) is 10.3. The lowest BCUT2D eigenvalue weighted by atomic mass is 9.97. The fourth-order valence-corrected chi connectivity index (χ4v) is 2.00. The summed E-state index contributed by atoms with van der Waals surface area (Å²) in [6.07, 6.45) is 1.18. The summed E-state index contributed by atoms with van der Waals surface area (Å²) in [5.74, 6) is 1.13. The molecule has 0 amide bonds. The molecule has 2 nitrogen and oxygen atoms in total. The van der Waals surface area contributed by atoms with Crippen LogP contribution in [0.3, 0.4) is 0 Å². The lowest BCUT2D eigenvalue weighted by Crippen LogP contribution is -2.24. The normalized spacial score (nSPS) is 14.1. The highest BCUT2D eigenvalue weighted by Crippen LogP contribution is 2.18. The summed E-state index contributed by atoms with van der Waals surface area (Å²) in [6, 6.07) is 11.2. The minimum absolute atomic E-state index is 0.0967. The molecule has 0 aromatic heterocycles. The van der Waals surface area contributed by atoms with Gasteiger partial charge in [0.2, 0.25) is 0 Å². The molecule has 0 fully saturated rings. The number of nitrogens with zero attached hydrogens (tertiary/aromatic N) is 1. The monoisotopic (exact) mass is 258 g/mol. The Balaban J connectivity index is 2.44. The second-order valence-corrected chi connectivity index (χ2v) is 5.66. The fraction of sp³-hybridized carbons (Fsp3) is 0.588. The summed E-state index contributed by atoms with van der Waals surface area (Å²) in [7, 11) is 0. The molecule has 1 rings (SSSR count). The number of rotatable bonds is 7. The zero-order chi connectivity index (χ0) is 14.3. The Bertz CT molecular complexity index is 400. The number of nitriles is 1. The van der Waals surface area contributed by atoms with Crippen LogP contribution in [0.1, 0.15) is 51.2 Å². The van der Waals surface area contributed by atoms with Crippen LogP contribution in [-0.4, -0.2) is 6.54 Å². The molecule has 1 N–H and O–H groups in total. The van der Waals surface area contributed by atoms with Crippen LogP contribution in [0.2, 0.25) is 0 Å². The number of nitrogens with one attached hydrogen (secondary N) is 1. The first-order valence-corrected chi connectivity index (χ1v) is 7.27. The standard InChI is InChI=1S/C17H26N2/c1-5-14(4)16-8-6-15(7-9-16)11-19-12-17(10-18)13(2)3/h6-9,13-14,17,19H,5,11-12H2,1-4H3. The molecule has 0 aliphatic heterocycles. The minimum atomic E-state index is 0.0967. The molecule has 19 heavy (non-hydrogen) atoms. The molecule has 1 aromatic rings. The second kappa shape index (κ2) is 7.96. The van der Waals surface area contributed by atoms with Crippen LogP contribution in [0.4, 0.5) is 0 Å². The highest BCUT2D eigenvalue weighted by molar-refractivity contribution is 5.24. The van der Waals surface area contributed by atoms with E-state index in [-0.39, 0.29) is 5.92 Å². The molecule has 0 aliphatic rings. The number of hydrogen-bond acceptors (Lipinski definition) is 2. The van der Waals surface area contributed by atoms with Crippen LogP contribution in [-0.2, 0) is 6.54 Å². The lowest BCUT2D eigenvalue weighted by Gasteiger charge is -2.14. The predicted molar refractivity (Wildman–Crippen MR) is 80.8 cm³/mol. The van der Waals surface area contributed by atoms with Crippen molar-refractivity contribution in [3.8, 4) is 6.07 Å². The van der Waals surface area contributed by atoms with E-state index in [1.807, 2.05) is 0 Å². The molecule has 2 atom stereocenters. The molecule has 0 bridgehead atoms. The molecule has 2 heteroatoms. The van der Waals surface area contributed by atoms with Crippen LogP contribution >= 0.6 is 0 Å². The average molecular weight is 258 g/mol. The Morgan fingerprint density at radius 3 is 2.26 bits per heavy atom. The van der Waals surface area contributed by atoms with Gasteiger partial charge < -0.3 is 5.32 Å². The van der Waals surface area contributed by atoms with Gasteiger partial charge in [-0.25, -0.2) is 0 Å².